The van der Waals surface area contributed by atoms with Crippen LogP contribution in [0, 0.1) is 5.92 Å². The van der Waals surface area contributed by atoms with E-state index in [-0.39, 0.29) is 24.2 Å². The SMILES string of the molecule is COc1ccccc1CNC(=O)[C@H](N)C(C)C.Cl. The number of carbonyl (C=O) groups excluding carboxylic acids is 1. The molecule has 0 fully saturated rings. The molecule has 102 valence electrons. The first-order chi connectivity index (χ1) is 8.06. The van der Waals surface area contributed by atoms with Gasteiger partial charge in [-0.2, -0.15) is 0 Å². The van der Waals surface area contributed by atoms with Crippen molar-refractivity contribution in [1.29, 1.82) is 0 Å². The van der Waals surface area contributed by atoms with Gasteiger partial charge in [-0.15, -0.1) is 12.4 Å². The van der Waals surface area contributed by atoms with Gasteiger partial charge in [0.15, 0.2) is 0 Å². The minimum Gasteiger partial charge on any atom is -0.496 e. The van der Waals surface area contributed by atoms with Crippen LogP contribution in [0.15, 0.2) is 24.3 Å². The van der Waals surface area contributed by atoms with E-state index in [9.17, 15) is 4.79 Å². The zero-order valence-electron chi connectivity index (χ0n) is 11.0. The summed E-state index contributed by atoms with van der Waals surface area (Å²) in [5.41, 5.74) is 6.70. The van der Waals surface area contributed by atoms with Crippen molar-refractivity contribution in [3.63, 3.8) is 0 Å². The second kappa shape index (κ2) is 7.95. The lowest BCUT2D eigenvalue weighted by Gasteiger charge is -2.16. The molecule has 3 N–H and O–H groups in total. The van der Waals surface area contributed by atoms with Crippen LogP contribution in [0.1, 0.15) is 19.4 Å². The molecular weight excluding hydrogens is 252 g/mol. The van der Waals surface area contributed by atoms with Crippen LogP contribution in [0.4, 0.5) is 0 Å². The van der Waals surface area contributed by atoms with Crippen molar-refractivity contribution < 1.29 is 9.53 Å². The van der Waals surface area contributed by atoms with Gasteiger partial charge in [0.05, 0.1) is 13.2 Å². The number of ether oxygens (including phenoxy) is 1. The Morgan fingerprint density at radius 3 is 2.56 bits per heavy atom. The van der Waals surface area contributed by atoms with E-state index in [2.05, 4.69) is 5.32 Å². The molecule has 1 aromatic carbocycles. The van der Waals surface area contributed by atoms with Gasteiger partial charge in [0.25, 0.3) is 0 Å². The van der Waals surface area contributed by atoms with Gasteiger partial charge in [-0.3, -0.25) is 4.79 Å². The summed E-state index contributed by atoms with van der Waals surface area (Å²) in [6, 6.07) is 7.12. The Hall–Kier alpha value is -1.26. The van der Waals surface area contributed by atoms with Crippen molar-refractivity contribution in [2.75, 3.05) is 7.11 Å². The molecule has 4 nitrogen and oxygen atoms in total. The molecule has 0 aromatic heterocycles. The lowest BCUT2D eigenvalue weighted by atomic mass is 10.0. The summed E-state index contributed by atoms with van der Waals surface area (Å²) >= 11 is 0. The Balaban J connectivity index is 0.00000289. The number of para-hydroxylation sites is 1. The standard InChI is InChI=1S/C13H20N2O2.ClH/c1-9(2)12(14)13(16)15-8-10-6-4-5-7-11(10)17-3;/h4-7,9,12H,8,14H2,1-3H3,(H,15,16);1H/t12-;/m1./s1. The zero-order chi connectivity index (χ0) is 12.8. The number of nitrogens with one attached hydrogen (secondary N) is 1. The predicted octanol–water partition coefficient (Wildman–Crippen LogP) is 1.72. The van der Waals surface area contributed by atoms with E-state index >= 15 is 0 Å². The average Bonchev–Trinajstić information content (AvgIpc) is 2.35. The first kappa shape index (κ1) is 16.7. The molecule has 0 aliphatic heterocycles. The van der Waals surface area contributed by atoms with Gasteiger partial charge in [-0.25, -0.2) is 0 Å². The molecule has 1 amide bonds. The Bertz CT molecular complexity index is 383. The van der Waals surface area contributed by atoms with Crippen LogP contribution in [0.25, 0.3) is 0 Å². The summed E-state index contributed by atoms with van der Waals surface area (Å²) in [6.45, 7) is 4.28. The highest BCUT2D eigenvalue weighted by Gasteiger charge is 2.16. The number of rotatable bonds is 5. The quantitative estimate of drug-likeness (QED) is 0.858. The Kier molecular flexibility index (Phi) is 7.39. The average molecular weight is 273 g/mol. The molecule has 0 heterocycles. The third-order valence-corrected chi connectivity index (χ3v) is 2.67. The Morgan fingerprint density at radius 2 is 2.00 bits per heavy atom. The number of hydrogen-bond acceptors (Lipinski definition) is 3. The van der Waals surface area contributed by atoms with Crippen LogP contribution in [0.5, 0.6) is 5.75 Å². The van der Waals surface area contributed by atoms with Gasteiger partial charge in [-0.05, 0) is 12.0 Å². The van der Waals surface area contributed by atoms with Gasteiger partial charge in [0, 0.05) is 12.1 Å². The molecule has 0 aliphatic rings. The smallest absolute Gasteiger partial charge is 0.237 e. The lowest BCUT2D eigenvalue weighted by molar-refractivity contribution is -0.123. The summed E-state index contributed by atoms with van der Waals surface area (Å²) < 4.78 is 5.20. The van der Waals surface area contributed by atoms with Crippen LogP contribution in [0.2, 0.25) is 0 Å². The highest BCUT2D eigenvalue weighted by molar-refractivity contribution is 5.85. The number of nitrogens with two attached hydrogens (primary N) is 1. The maximum absolute atomic E-state index is 11.7. The molecule has 1 aromatic rings. The molecule has 1 rings (SSSR count). The second-order valence-corrected chi connectivity index (χ2v) is 4.30. The van der Waals surface area contributed by atoms with Crippen molar-refractivity contribution in [3.8, 4) is 5.75 Å². The molecule has 5 heteroatoms. The fraction of sp³-hybridized carbons (Fsp3) is 0.462. The van der Waals surface area contributed by atoms with Crippen LogP contribution < -0.4 is 15.8 Å². The zero-order valence-corrected chi connectivity index (χ0v) is 11.8. The van der Waals surface area contributed by atoms with Crippen LogP contribution in [-0.2, 0) is 11.3 Å². The normalized spacial score (nSPS) is 11.6. The van der Waals surface area contributed by atoms with Crippen LogP contribution in [-0.4, -0.2) is 19.1 Å². The van der Waals surface area contributed by atoms with E-state index in [1.807, 2.05) is 38.1 Å². The second-order valence-electron chi connectivity index (χ2n) is 4.30. The molecule has 0 radical (unpaired) electrons. The summed E-state index contributed by atoms with van der Waals surface area (Å²) in [5.74, 6) is 0.768. The number of carbonyl (C=O) groups is 1. The van der Waals surface area contributed by atoms with Gasteiger partial charge < -0.3 is 15.8 Å². The number of methoxy groups -OCH3 is 1. The van der Waals surface area contributed by atoms with Gasteiger partial charge in [0.2, 0.25) is 5.91 Å². The summed E-state index contributed by atoms with van der Waals surface area (Å²) in [5, 5.41) is 2.81. The van der Waals surface area contributed by atoms with E-state index in [0.717, 1.165) is 11.3 Å². The molecule has 0 spiro atoms. The maximum Gasteiger partial charge on any atom is 0.237 e. The van der Waals surface area contributed by atoms with Gasteiger partial charge >= 0.3 is 0 Å². The highest BCUT2D eigenvalue weighted by atomic mass is 35.5. The number of halogens is 1. The van der Waals surface area contributed by atoms with Crippen LogP contribution in [0.3, 0.4) is 0 Å². The summed E-state index contributed by atoms with van der Waals surface area (Å²) in [6.07, 6.45) is 0. The van der Waals surface area contributed by atoms with E-state index in [1.165, 1.54) is 0 Å². The van der Waals surface area contributed by atoms with Gasteiger partial charge in [-0.1, -0.05) is 32.0 Å². The van der Waals surface area contributed by atoms with E-state index in [1.54, 1.807) is 7.11 Å². The fourth-order valence-electron chi connectivity index (χ4n) is 1.45. The molecule has 1 atom stereocenters. The molecule has 0 aliphatic carbocycles. The van der Waals surface area contributed by atoms with E-state index < -0.39 is 6.04 Å². The third-order valence-electron chi connectivity index (χ3n) is 2.67. The molecule has 0 unspecified atom stereocenters. The third kappa shape index (κ3) is 4.55. The maximum atomic E-state index is 11.7. The Labute approximate surface area is 114 Å². The topological polar surface area (TPSA) is 64.3 Å². The number of benzene rings is 1. The first-order valence-corrected chi connectivity index (χ1v) is 5.71. The molecule has 0 bridgehead atoms. The Morgan fingerprint density at radius 1 is 1.39 bits per heavy atom. The predicted molar refractivity (Wildman–Crippen MR) is 74.9 cm³/mol. The van der Waals surface area contributed by atoms with Crippen molar-refractivity contribution in [3.05, 3.63) is 29.8 Å². The molecular formula is C13H21ClN2O2. The van der Waals surface area contributed by atoms with Crippen LogP contribution >= 0.6 is 12.4 Å². The summed E-state index contributed by atoms with van der Waals surface area (Å²) in [4.78, 5) is 11.7. The van der Waals surface area contributed by atoms with E-state index in [4.69, 9.17) is 10.5 Å². The summed E-state index contributed by atoms with van der Waals surface area (Å²) in [7, 11) is 1.61. The molecule has 0 saturated heterocycles. The first-order valence-electron chi connectivity index (χ1n) is 5.71. The van der Waals surface area contributed by atoms with Crippen molar-refractivity contribution in [2.24, 2.45) is 11.7 Å². The van der Waals surface area contributed by atoms with Crippen molar-refractivity contribution in [2.45, 2.75) is 26.4 Å². The monoisotopic (exact) mass is 272 g/mol. The van der Waals surface area contributed by atoms with Crippen molar-refractivity contribution in [1.82, 2.24) is 5.32 Å². The van der Waals surface area contributed by atoms with Crippen molar-refractivity contribution >= 4 is 18.3 Å². The molecule has 0 saturated carbocycles. The minimum absolute atomic E-state index is 0. The largest absolute Gasteiger partial charge is 0.496 e. The highest BCUT2D eigenvalue weighted by Crippen LogP contribution is 2.16. The number of hydrogen-bond donors (Lipinski definition) is 2. The number of amides is 1. The van der Waals surface area contributed by atoms with Gasteiger partial charge in [0.1, 0.15) is 5.75 Å². The molecule has 18 heavy (non-hydrogen) atoms. The van der Waals surface area contributed by atoms with E-state index in [0.29, 0.717) is 6.54 Å². The lowest BCUT2D eigenvalue weighted by Crippen LogP contribution is -2.43. The fourth-order valence-corrected chi connectivity index (χ4v) is 1.45. The minimum atomic E-state index is -0.468.